The zero-order valence-corrected chi connectivity index (χ0v) is 13.1. The fraction of sp³-hybridized carbons (Fsp3) is 0.562. The molecular formula is C16H20BrFO. The average Bonchev–Trinajstić information content (AvgIpc) is 2.26. The number of carbonyl (C=O) groups is 1. The topological polar surface area (TPSA) is 17.1 Å². The summed E-state index contributed by atoms with van der Waals surface area (Å²) in [5.41, 5.74) is 1.14. The SMILES string of the molecule is CC1(C)CCC(C(=O)Cc2cc(F)cc(Br)c2)CC1. The molecule has 1 aromatic rings. The first-order chi connectivity index (χ1) is 8.85. The van der Waals surface area contributed by atoms with Crippen LogP contribution in [0.4, 0.5) is 4.39 Å². The first-order valence-electron chi connectivity index (χ1n) is 6.83. The number of ketones is 1. The monoisotopic (exact) mass is 326 g/mol. The quantitative estimate of drug-likeness (QED) is 0.770. The lowest BCUT2D eigenvalue weighted by molar-refractivity contribution is -0.123. The van der Waals surface area contributed by atoms with Crippen LogP contribution < -0.4 is 0 Å². The molecule has 0 heterocycles. The molecule has 0 spiro atoms. The van der Waals surface area contributed by atoms with Crippen LogP contribution in [0.2, 0.25) is 0 Å². The van der Waals surface area contributed by atoms with E-state index in [2.05, 4.69) is 29.8 Å². The van der Waals surface area contributed by atoms with Gasteiger partial charge in [-0.15, -0.1) is 0 Å². The van der Waals surface area contributed by atoms with Crippen molar-refractivity contribution in [1.29, 1.82) is 0 Å². The number of Topliss-reactive ketones (excluding diaryl/α,β-unsaturated/α-hetero) is 1. The number of hydrogen-bond acceptors (Lipinski definition) is 1. The molecule has 1 aliphatic carbocycles. The molecule has 0 unspecified atom stereocenters. The summed E-state index contributed by atoms with van der Waals surface area (Å²) >= 11 is 3.26. The largest absolute Gasteiger partial charge is 0.299 e. The first-order valence-corrected chi connectivity index (χ1v) is 7.63. The highest BCUT2D eigenvalue weighted by atomic mass is 79.9. The van der Waals surface area contributed by atoms with Crippen molar-refractivity contribution in [2.75, 3.05) is 0 Å². The van der Waals surface area contributed by atoms with Crippen LogP contribution >= 0.6 is 15.9 Å². The lowest BCUT2D eigenvalue weighted by atomic mass is 9.71. The Balaban J connectivity index is 1.98. The van der Waals surface area contributed by atoms with E-state index in [9.17, 15) is 9.18 Å². The van der Waals surface area contributed by atoms with Crippen LogP contribution in [0.25, 0.3) is 0 Å². The Morgan fingerprint density at radius 3 is 2.53 bits per heavy atom. The van der Waals surface area contributed by atoms with Gasteiger partial charge in [0.15, 0.2) is 0 Å². The second kappa shape index (κ2) is 5.74. The van der Waals surface area contributed by atoms with Crippen LogP contribution in [-0.2, 0) is 11.2 Å². The standard InChI is InChI=1S/C16H20BrFO/c1-16(2)5-3-12(4-6-16)15(19)9-11-7-13(17)10-14(18)8-11/h7-8,10,12H,3-6,9H2,1-2H3. The van der Waals surface area contributed by atoms with Crippen molar-refractivity contribution in [2.24, 2.45) is 11.3 Å². The third kappa shape index (κ3) is 4.13. The fourth-order valence-electron chi connectivity index (χ4n) is 2.78. The van der Waals surface area contributed by atoms with Crippen LogP contribution in [0.3, 0.4) is 0 Å². The zero-order chi connectivity index (χ0) is 14.0. The molecule has 19 heavy (non-hydrogen) atoms. The molecule has 1 aliphatic rings. The Hall–Kier alpha value is -0.700. The highest BCUT2D eigenvalue weighted by Crippen LogP contribution is 2.38. The summed E-state index contributed by atoms with van der Waals surface area (Å²) in [6, 6.07) is 4.69. The Morgan fingerprint density at radius 1 is 1.32 bits per heavy atom. The van der Waals surface area contributed by atoms with Crippen molar-refractivity contribution in [3.8, 4) is 0 Å². The van der Waals surface area contributed by atoms with Gasteiger partial charge in [0.2, 0.25) is 0 Å². The van der Waals surface area contributed by atoms with E-state index >= 15 is 0 Å². The fourth-order valence-corrected chi connectivity index (χ4v) is 3.29. The minimum absolute atomic E-state index is 0.162. The van der Waals surface area contributed by atoms with E-state index in [1.165, 1.54) is 12.1 Å². The van der Waals surface area contributed by atoms with Gasteiger partial charge in [-0.05, 0) is 54.9 Å². The molecule has 104 valence electrons. The molecule has 2 rings (SSSR count). The molecule has 1 saturated carbocycles. The van der Waals surface area contributed by atoms with Crippen molar-refractivity contribution in [2.45, 2.75) is 46.0 Å². The zero-order valence-electron chi connectivity index (χ0n) is 11.5. The van der Waals surface area contributed by atoms with Crippen molar-refractivity contribution in [3.05, 3.63) is 34.1 Å². The maximum absolute atomic E-state index is 13.3. The van der Waals surface area contributed by atoms with Gasteiger partial charge in [0.1, 0.15) is 11.6 Å². The molecule has 0 N–H and O–H groups in total. The summed E-state index contributed by atoms with van der Waals surface area (Å²) < 4.78 is 14.0. The van der Waals surface area contributed by atoms with Crippen LogP contribution in [-0.4, -0.2) is 5.78 Å². The molecule has 1 nitrogen and oxygen atoms in total. The molecule has 0 atom stereocenters. The van der Waals surface area contributed by atoms with Gasteiger partial charge in [0, 0.05) is 16.8 Å². The van der Waals surface area contributed by atoms with E-state index < -0.39 is 0 Å². The number of carbonyl (C=O) groups excluding carboxylic acids is 1. The highest BCUT2D eigenvalue weighted by molar-refractivity contribution is 9.10. The van der Waals surface area contributed by atoms with Crippen molar-refractivity contribution in [1.82, 2.24) is 0 Å². The van der Waals surface area contributed by atoms with Crippen molar-refractivity contribution in [3.63, 3.8) is 0 Å². The number of hydrogen-bond donors (Lipinski definition) is 0. The highest BCUT2D eigenvalue weighted by Gasteiger charge is 2.30. The van der Waals surface area contributed by atoms with E-state index in [-0.39, 0.29) is 17.5 Å². The molecular weight excluding hydrogens is 307 g/mol. The second-order valence-corrected chi connectivity index (χ2v) is 7.27. The molecule has 0 aliphatic heterocycles. The second-order valence-electron chi connectivity index (χ2n) is 6.36. The van der Waals surface area contributed by atoms with Gasteiger partial charge in [-0.2, -0.15) is 0 Å². The number of benzene rings is 1. The summed E-state index contributed by atoms with van der Waals surface area (Å²) in [5.74, 6) is 0.130. The normalized spacial score (nSPS) is 19.4. The first kappa shape index (κ1) is 14.7. The summed E-state index contributed by atoms with van der Waals surface area (Å²) in [5, 5.41) is 0. The summed E-state index contributed by atoms with van der Waals surface area (Å²) in [7, 11) is 0. The lowest BCUT2D eigenvalue weighted by Gasteiger charge is -2.33. The summed E-state index contributed by atoms with van der Waals surface area (Å²) in [6.45, 7) is 4.52. The van der Waals surface area contributed by atoms with Crippen molar-refractivity contribution >= 4 is 21.7 Å². The molecule has 0 aromatic heterocycles. The van der Waals surface area contributed by atoms with Crippen LogP contribution in [0.15, 0.2) is 22.7 Å². The minimum Gasteiger partial charge on any atom is -0.299 e. The summed E-state index contributed by atoms with van der Waals surface area (Å²) in [6.07, 6.45) is 4.51. The van der Waals surface area contributed by atoms with E-state index in [1.807, 2.05) is 6.07 Å². The number of halogens is 2. The molecule has 1 aromatic carbocycles. The third-order valence-corrected chi connectivity index (χ3v) is 4.55. The van der Waals surface area contributed by atoms with Gasteiger partial charge in [-0.1, -0.05) is 29.8 Å². The maximum atomic E-state index is 13.3. The van der Waals surface area contributed by atoms with Gasteiger partial charge in [0.25, 0.3) is 0 Å². The summed E-state index contributed by atoms with van der Waals surface area (Å²) in [4.78, 5) is 12.3. The van der Waals surface area contributed by atoms with Crippen LogP contribution in [0.1, 0.15) is 45.1 Å². The lowest BCUT2D eigenvalue weighted by Crippen LogP contribution is -2.27. The molecule has 0 amide bonds. The van der Waals surface area contributed by atoms with E-state index in [0.29, 0.717) is 16.3 Å². The van der Waals surface area contributed by atoms with Gasteiger partial charge in [0.05, 0.1) is 0 Å². The predicted octanol–water partition coefficient (Wildman–Crippen LogP) is 4.92. The Morgan fingerprint density at radius 2 is 1.95 bits per heavy atom. The maximum Gasteiger partial charge on any atom is 0.140 e. The minimum atomic E-state index is -0.290. The van der Waals surface area contributed by atoms with Gasteiger partial charge < -0.3 is 0 Å². The average molecular weight is 327 g/mol. The van der Waals surface area contributed by atoms with E-state index in [0.717, 1.165) is 31.2 Å². The van der Waals surface area contributed by atoms with Gasteiger partial charge in [-0.25, -0.2) is 4.39 Å². The molecule has 0 bridgehead atoms. The molecule has 0 saturated heterocycles. The van der Waals surface area contributed by atoms with Gasteiger partial charge >= 0.3 is 0 Å². The molecule has 3 heteroatoms. The molecule has 0 radical (unpaired) electrons. The van der Waals surface area contributed by atoms with Crippen LogP contribution in [0, 0.1) is 17.2 Å². The predicted molar refractivity (Wildman–Crippen MR) is 78.6 cm³/mol. The Kier molecular flexibility index (Phi) is 4.44. The molecule has 1 fully saturated rings. The van der Waals surface area contributed by atoms with Gasteiger partial charge in [-0.3, -0.25) is 4.79 Å². The Labute approximate surface area is 122 Å². The van der Waals surface area contributed by atoms with E-state index in [4.69, 9.17) is 0 Å². The van der Waals surface area contributed by atoms with Crippen LogP contribution in [0.5, 0.6) is 0 Å². The third-order valence-electron chi connectivity index (χ3n) is 4.10. The smallest absolute Gasteiger partial charge is 0.140 e. The Bertz CT molecular complexity index is 451. The van der Waals surface area contributed by atoms with E-state index in [1.54, 1.807) is 0 Å². The van der Waals surface area contributed by atoms with Crippen molar-refractivity contribution < 1.29 is 9.18 Å². The number of rotatable bonds is 3.